The average Bonchev–Trinajstić information content (AvgIpc) is 3.04. The van der Waals surface area contributed by atoms with Gasteiger partial charge in [-0.1, -0.05) is 24.3 Å². The third-order valence-electron chi connectivity index (χ3n) is 3.75. The molecule has 0 fully saturated rings. The number of fused-ring (bicyclic) bond motifs is 1. The maximum Gasteiger partial charge on any atom is 0.328 e. The molecular weight excluding hydrogens is 339 g/mol. The highest BCUT2D eigenvalue weighted by Gasteiger charge is 2.22. The van der Waals surface area contributed by atoms with Gasteiger partial charge in [-0.2, -0.15) is 0 Å². The van der Waals surface area contributed by atoms with Crippen molar-refractivity contribution < 1.29 is 18.7 Å². The van der Waals surface area contributed by atoms with Crippen molar-refractivity contribution in [2.45, 2.75) is 26.0 Å². The molecule has 3 aromatic rings. The summed E-state index contributed by atoms with van der Waals surface area (Å²) in [5.41, 5.74) is 1.79. The van der Waals surface area contributed by atoms with E-state index in [0.717, 1.165) is 0 Å². The molecule has 0 aliphatic carbocycles. The molecule has 0 bridgehead atoms. The Labute approximate surface area is 148 Å². The zero-order valence-electron chi connectivity index (χ0n) is 14.1. The van der Waals surface area contributed by atoms with E-state index < -0.39 is 23.8 Å². The van der Waals surface area contributed by atoms with E-state index in [0.29, 0.717) is 23.1 Å². The van der Waals surface area contributed by atoms with Gasteiger partial charge in [0.2, 0.25) is 0 Å². The number of anilines is 1. The monoisotopic (exact) mass is 356 g/mol. The van der Waals surface area contributed by atoms with Crippen molar-refractivity contribution in [3.05, 3.63) is 54.3 Å². The zero-order chi connectivity index (χ0) is 18.5. The molecule has 8 heteroatoms. The number of carbonyl (C=O) groups excluding carboxylic acids is 2. The van der Waals surface area contributed by atoms with Crippen molar-refractivity contribution in [2.24, 2.45) is 0 Å². The van der Waals surface area contributed by atoms with Crippen LogP contribution in [0.25, 0.3) is 11.0 Å². The van der Waals surface area contributed by atoms with Crippen LogP contribution in [0.3, 0.4) is 0 Å². The lowest BCUT2D eigenvalue weighted by Crippen LogP contribution is -2.33. The highest BCUT2D eigenvalue weighted by Crippen LogP contribution is 2.12. The lowest BCUT2D eigenvalue weighted by atomic mass is 10.2. The Morgan fingerprint density at radius 3 is 2.65 bits per heavy atom. The summed E-state index contributed by atoms with van der Waals surface area (Å²) in [7, 11) is 0. The fourth-order valence-electron chi connectivity index (χ4n) is 2.43. The van der Waals surface area contributed by atoms with Gasteiger partial charge in [0.15, 0.2) is 6.10 Å². The molecule has 0 aliphatic heterocycles. The van der Waals surface area contributed by atoms with Gasteiger partial charge in [-0.15, -0.1) is 5.10 Å². The molecule has 0 spiro atoms. The first-order valence-electron chi connectivity index (χ1n) is 8.11. The molecule has 1 aromatic heterocycles. The fraction of sp³-hybridized carbons (Fsp3) is 0.222. The molecule has 134 valence electrons. The molecule has 0 aliphatic rings. The molecule has 1 N–H and O–H groups in total. The molecule has 1 amide bonds. The average molecular weight is 356 g/mol. The van der Waals surface area contributed by atoms with Crippen LogP contribution < -0.4 is 5.32 Å². The number of hydrogen-bond acceptors (Lipinski definition) is 5. The number of nitrogens with one attached hydrogen (secondary N) is 1. The summed E-state index contributed by atoms with van der Waals surface area (Å²) in [5.74, 6) is -1.47. The smallest absolute Gasteiger partial charge is 0.328 e. The van der Waals surface area contributed by atoms with Crippen LogP contribution in [0.2, 0.25) is 0 Å². The zero-order valence-corrected chi connectivity index (χ0v) is 14.1. The van der Waals surface area contributed by atoms with Gasteiger partial charge in [0.1, 0.15) is 17.9 Å². The highest BCUT2D eigenvalue weighted by atomic mass is 19.1. The molecule has 0 saturated carbocycles. The van der Waals surface area contributed by atoms with Crippen LogP contribution in [-0.2, 0) is 20.9 Å². The molecule has 26 heavy (non-hydrogen) atoms. The van der Waals surface area contributed by atoms with Gasteiger partial charge in [0.05, 0.1) is 5.52 Å². The highest BCUT2D eigenvalue weighted by molar-refractivity contribution is 5.95. The third-order valence-corrected chi connectivity index (χ3v) is 3.75. The van der Waals surface area contributed by atoms with E-state index in [1.54, 1.807) is 19.1 Å². The Bertz CT molecular complexity index is 924. The topological polar surface area (TPSA) is 86.1 Å². The summed E-state index contributed by atoms with van der Waals surface area (Å²) in [6.07, 6.45) is -0.654. The molecule has 1 atom stereocenters. The van der Waals surface area contributed by atoms with Crippen molar-refractivity contribution >= 4 is 28.6 Å². The number of aromatic nitrogens is 3. The summed E-state index contributed by atoms with van der Waals surface area (Å²) in [6, 6.07) is 12.6. The first-order valence-corrected chi connectivity index (χ1v) is 8.11. The Kier molecular flexibility index (Phi) is 5.21. The third kappa shape index (κ3) is 4.02. The second-order valence-corrected chi connectivity index (χ2v) is 5.62. The lowest BCUT2D eigenvalue weighted by molar-refractivity contribution is -0.155. The number of rotatable bonds is 6. The van der Waals surface area contributed by atoms with Gasteiger partial charge >= 0.3 is 5.97 Å². The van der Waals surface area contributed by atoms with Gasteiger partial charge in [0.25, 0.3) is 5.91 Å². The molecule has 0 radical (unpaired) electrons. The van der Waals surface area contributed by atoms with Gasteiger partial charge in [-0.25, -0.2) is 9.07 Å². The largest absolute Gasteiger partial charge is 0.451 e. The Morgan fingerprint density at radius 1 is 1.19 bits per heavy atom. The summed E-state index contributed by atoms with van der Waals surface area (Å²) in [4.78, 5) is 24.4. The second-order valence-electron chi connectivity index (χ2n) is 5.62. The van der Waals surface area contributed by atoms with E-state index in [1.807, 2.05) is 12.1 Å². The standard InChI is InChI=1S/C18H17FN4O3/c1-2-16(18(25)20-13-9-7-12(19)8-10-13)26-17(24)11-23-15-6-4-3-5-14(15)21-22-23/h3-10,16H,2,11H2,1H3,(H,20,25). The van der Waals surface area contributed by atoms with Crippen molar-refractivity contribution in [1.29, 1.82) is 0 Å². The first-order chi connectivity index (χ1) is 12.6. The Morgan fingerprint density at radius 2 is 1.92 bits per heavy atom. The second kappa shape index (κ2) is 7.73. The lowest BCUT2D eigenvalue weighted by Gasteiger charge is -2.16. The number of hydrogen-bond donors (Lipinski definition) is 1. The molecule has 2 aromatic carbocycles. The molecule has 1 heterocycles. The quantitative estimate of drug-likeness (QED) is 0.686. The predicted molar refractivity (Wildman–Crippen MR) is 92.7 cm³/mol. The first kappa shape index (κ1) is 17.5. The van der Waals surface area contributed by atoms with Crippen molar-refractivity contribution in [3.8, 4) is 0 Å². The maximum atomic E-state index is 12.9. The number of nitrogens with zero attached hydrogens (tertiary/aromatic N) is 3. The van der Waals surface area contributed by atoms with Crippen LogP contribution in [0.5, 0.6) is 0 Å². The van der Waals surface area contributed by atoms with E-state index in [2.05, 4.69) is 15.6 Å². The summed E-state index contributed by atoms with van der Waals surface area (Å²) < 4.78 is 19.6. The van der Waals surface area contributed by atoms with Crippen LogP contribution in [0.4, 0.5) is 10.1 Å². The normalized spacial score (nSPS) is 11.9. The summed E-state index contributed by atoms with van der Waals surface area (Å²) in [6.45, 7) is 1.58. The van der Waals surface area contributed by atoms with Crippen LogP contribution in [0.15, 0.2) is 48.5 Å². The summed E-state index contributed by atoms with van der Waals surface area (Å²) in [5, 5.41) is 10.5. The van der Waals surface area contributed by atoms with Crippen molar-refractivity contribution in [2.75, 3.05) is 5.32 Å². The van der Waals surface area contributed by atoms with Gasteiger partial charge in [-0.05, 0) is 42.8 Å². The van der Waals surface area contributed by atoms with E-state index in [1.165, 1.54) is 28.9 Å². The van der Waals surface area contributed by atoms with Crippen LogP contribution >= 0.6 is 0 Å². The SMILES string of the molecule is CCC(OC(=O)Cn1nnc2ccccc21)C(=O)Nc1ccc(F)cc1. The van der Waals surface area contributed by atoms with E-state index in [-0.39, 0.29) is 6.54 Å². The molecule has 1 unspecified atom stereocenters. The molecular formula is C18H17FN4O3. The number of ether oxygens (including phenoxy) is 1. The van der Waals surface area contributed by atoms with Crippen LogP contribution in [0, 0.1) is 5.82 Å². The number of esters is 1. The number of carbonyl (C=O) groups is 2. The van der Waals surface area contributed by atoms with Crippen LogP contribution in [0.1, 0.15) is 13.3 Å². The van der Waals surface area contributed by atoms with Crippen molar-refractivity contribution in [1.82, 2.24) is 15.0 Å². The number of amides is 1. The minimum atomic E-state index is -0.956. The molecule has 0 saturated heterocycles. The van der Waals surface area contributed by atoms with Gasteiger partial charge in [0, 0.05) is 5.69 Å². The fourth-order valence-corrected chi connectivity index (χ4v) is 2.43. The van der Waals surface area contributed by atoms with Crippen molar-refractivity contribution in [3.63, 3.8) is 0 Å². The molecule has 7 nitrogen and oxygen atoms in total. The van der Waals surface area contributed by atoms with E-state index in [9.17, 15) is 14.0 Å². The van der Waals surface area contributed by atoms with Gasteiger partial charge < -0.3 is 10.1 Å². The maximum absolute atomic E-state index is 12.9. The van der Waals surface area contributed by atoms with Gasteiger partial charge in [-0.3, -0.25) is 9.59 Å². The predicted octanol–water partition coefficient (Wildman–Crippen LogP) is 2.53. The Balaban J connectivity index is 1.62. The Hall–Kier alpha value is -3.29. The summed E-state index contributed by atoms with van der Waals surface area (Å²) >= 11 is 0. The minimum absolute atomic E-state index is 0.152. The minimum Gasteiger partial charge on any atom is -0.451 e. The van der Waals surface area contributed by atoms with E-state index >= 15 is 0 Å². The van der Waals surface area contributed by atoms with Crippen LogP contribution in [-0.4, -0.2) is 33.0 Å². The number of benzene rings is 2. The number of halogens is 1. The number of para-hydroxylation sites is 1. The molecule has 3 rings (SSSR count). The van der Waals surface area contributed by atoms with E-state index in [4.69, 9.17) is 4.74 Å².